The summed E-state index contributed by atoms with van der Waals surface area (Å²) in [6.07, 6.45) is 2.60. The number of nitrogens with zero attached hydrogens (tertiary/aromatic N) is 2. The van der Waals surface area contributed by atoms with Gasteiger partial charge in [0.25, 0.3) is 0 Å². The number of carbonyl (C=O) groups is 5. The minimum Gasteiger partial charge on any atom is -0.497 e. The second-order valence-corrected chi connectivity index (χ2v) is 22.2. The van der Waals surface area contributed by atoms with Crippen molar-refractivity contribution in [3.05, 3.63) is 30.5 Å². The number of nitrogens with one attached hydrogen (secondary N) is 1. The maximum atomic E-state index is 14.6. The van der Waals surface area contributed by atoms with Gasteiger partial charge in [-0.05, 0) is 78.0 Å². The lowest BCUT2D eigenvalue weighted by Crippen LogP contribution is -2.48. The van der Waals surface area contributed by atoms with Gasteiger partial charge in [-0.1, -0.05) is 75.7 Å². The normalized spacial score (nSPS) is 22.4. The van der Waals surface area contributed by atoms with Crippen LogP contribution < -0.4 is 14.2 Å². The number of ketones is 1. The van der Waals surface area contributed by atoms with Gasteiger partial charge in [-0.15, -0.1) is 0 Å². The van der Waals surface area contributed by atoms with Crippen LogP contribution in [0.5, 0.6) is 11.6 Å². The van der Waals surface area contributed by atoms with Crippen LogP contribution in [0.15, 0.2) is 30.5 Å². The van der Waals surface area contributed by atoms with Gasteiger partial charge in [0.15, 0.2) is 5.78 Å². The Morgan fingerprint density at radius 1 is 0.968 bits per heavy atom. The lowest BCUT2D eigenvalue weighted by atomic mass is 9.77. The Hall–Kier alpha value is -4.02. The molecule has 5 atom stereocenters. The number of aromatic nitrogens is 1. The monoisotopic (exact) mass is 907 g/mol. The van der Waals surface area contributed by atoms with E-state index in [1.807, 2.05) is 87.4 Å². The highest BCUT2D eigenvalue weighted by molar-refractivity contribution is 7.85. The number of amides is 2. The number of carbonyl (C=O) groups excluding carboxylic acids is 5. The molecule has 0 radical (unpaired) electrons. The number of hydrogen-bond donors (Lipinski definition) is 1. The Morgan fingerprint density at radius 2 is 1.60 bits per heavy atom. The summed E-state index contributed by atoms with van der Waals surface area (Å²) in [5.41, 5.74) is -3.78. The summed E-state index contributed by atoms with van der Waals surface area (Å²) >= 11 is 4.92. The molecule has 346 valence electrons. The van der Waals surface area contributed by atoms with Crippen molar-refractivity contribution in [2.24, 2.45) is 33.5 Å². The van der Waals surface area contributed by atoms with Crippen molar-refractivity contribution >= 4 is 61.7 Å². The summed E-state index contributed by atoms with van der Waals surface area (Å²) in [6, 6.07) is 6.31. The van der Waals surface area contributed by atoms with Gasteiger partial charge in [-0.3, -0.25) is 19.2 Å². The number of methoxy groups -OCH3 is 1. The van der Waals surface area contributed by atoms with Crippen LogP contribution in [0.25, 0.3) is 10.8 Å². The lowest BCUT2D eigenvalue weighted by Gasteiger charge is -2.35. The Morgan fingerprint density at radius 3 is 2.11 bits per heavy atom. The summed E-state index contributed by atoms with van der Waals surface area (Å²) in [7, 11) is -2.82. The van der Waals surface area contributed by atoms with E-state index in [0.29, 0.717) is 43.9 Å². The van der Waals surface area contributed by atoms with Crippen LogP contribution in [0.4, 0.5) is 4.79 Å². The van der Waals surface area contributed by atoms with Crippen molar-refractivity contribution in [2.75, 3.05) is 26.9 Å². The average molecular weight is 909 g/mol. The minimum absolute atomic E-state index is 0.00451. The zero-order valence-electron chi connectivity index (χ0n) is 38.3. The van der Waals surface area contributed by atoms with Crippen molar-refractivity contribution in [3.63, 3.8) is 0 Å². The van der Waals surface area contributed by atoms with Gasteiger partial charge in [0.05, 0.1) is 56.3 Å². The molecule has 1 aromatic heterocycles. The van der Waals surface area contributed by atoms with E-state index in [4.69, 9.17) is 30.0 Å². The summed E-state index contributed by atoms with van der Waals surface area (Å²) in [4.78, 5) is 71.8. The first kappa shape index (κ1) is 50.6. The molecule has 2 aromatic rings. The molecule has 2 amide bonds. The predicted octanol–water partition coefficient (Wildman–Crippen LogP) is 7.95. The van der Waals surface area contributed by atoms with Crippen LogP contribution in [0.1, 0.15) is 121 Å². The smallest absolute Gasteiger partial charge is 0.403 e. The molecule has 1 unspecified atom stereocenters. The number of pyridine rings is 1. The summed E-state index contributed by atoms with van der Waals surface area (Å²) in [5, 5.41) is 1.55. The van der Waals surface area contributed by atoms with Crippen molar-refractivity contribution in [1.29, 1.82) is 0 Å². The second kappa shape index (κ2) is 19.4. The predicted molar refractivity (Wildman–Crippen MR) is 234 cm³/mol. The SMILES string of the molecule is CC(C)(C)COC(=O)Cl.CC[C@@H]1C[C@]1(CC(=O)[C@@H]1CC(Oc2nccc3cc(OC)ccc23)CN1C(=O)[C@@H](CC(=O)OCC(C)(C)C)C(C)(C)C)C(=O)NS(=O)(=O)OC1(C)CC1. The number of benzene rings is 1. The van der Waals surface area contributed by atoms with Gasteiger partial charge in [-0.2, -0.15) is 8.42 Å². The Kier molecular flexibility index (Phi) is 15.8. The van der Waals surface area contributed by atoms with E-state index in [-0.39, 0.29) is 54.9 Å². The second-order valence-electron chi connectivity index (χ2n) is 20.6. The minimum atomic E-state index is -4.40. The molecule has 1 saturated heterocycles. The third-order valence-corrected chi connectivity index (χ3v) is 12.4. The number of Topliss-reactive ketones (excluding diaryl/α,β-unsaturated/α-hetero) is 1. The van der Waals surface area contributed by atoms with Gasteiger partial charge in [0.2, 0.25) is 17.7 Å². The van der Waals surface area contributed by atoms with Crippen LogP contribution in [0.2, 0.25) is 0 Å². The van der Waals surface area contributed by atoms with Gasteiger partial charge >= 0.3 is 21.7 Å². The lowest BCUT2D eigenvalue weighted by molar-refractivity contribution is -0.154. The number of esters is 1. The van der Waals surface area contributed by atoms with E-state index in [1.165, 1.54) is 4.90 Å². The highest BCUT2D eigenvalue weighted by Crippen LogP contribution is 2.58. The molecule has 1 aromatic carbocycles. The van der Waals surface area contributed by atoms with Gasteiger partial charge in [0.1, 0.15) is 11.9 Å². The highest BCUT2D eigenvalue weighted by atomic mass is 35.5. The largest absolute Gasteiger partial charge is 0.497 e. The van der Waals surface area contributed by atoms with Crippen molar-refractivity contribution in [3.8, 4) is 11.6 Å². The van der Waals surface area contributed by atoms with Gasteiger partial charge in [-0.25, -0.2) is 18.7 Å². The van der Waals surface area contributed by atoms with Gasteiger partial charge < -0.3 is 23.8 Å². The fraction of sp³-hybridized carbons (Fsp3) is 0.689. The third kappa shape index (κ3) is 14.2. The fourth-order valence-electron chi connectivity index (χ4n) is 7.38. The standard InChI is InChI=1S/C39H55N3O10S.C6H11ClO2/c1-10-25-20-39(25,35(46)41-53(47,48)52-38(8)14-15-38)21-31(43)30-18-27(51-33-28-12-11-26(49-9)17-24(28)13-16-40-33)22-42(30)34(45)29(37(5,6)7)19-32(44)50-23-36(2,3)4;1-6(2,3)4-9-5(7)8/h11-13,16-17,25,27,29-30H,10,14-15,18-23H2,1-9H3,(H,41,46);4H2,1-3H3/t25-,27?,29-,30+,39-;/m1./s1. The Balaban J connectivity index is 0.000000843. The number of likely N-dealkylation sites (tertiary alicyclic amines) is 1. The Labute approximate surface area is 371 Å². The molecule has 3 fully saturated rings. The molecular formula is C45H66ClN3O12S. The topological polar surface area (TPSA) is 194 Å². The first-order valence-electron chi connectivity index (χ1n) is 21.2. The maximum Gasteiger partial charge on any atom is 0.403 e. The molecule has 1 N–H and O–H groups in total. The molecule has 0 bridgehead atoms. The summed E-state index contributed by atoms with van der Waals surface area (Å²) < 4.78 is 54.8. The first-order valence-corrected chi connectivity index (χ1v) is 23.0. The molecule has 3 aliphatic rings. The molecular weight excluding hydrogens is 842 g/mol. The quantitative estimate of drug-likeness (QED) is 0.126. The Bertz CT molecular complexity index is 2090. The van der Waals surface area contributed by atoms with Crippen LogP contribution in [-0.2, 0) is 43.1 Å². The van der Waals surface area contributed by atoms with Crippen LogP contribution in [0.3, 0.4) is 0 Å². The molecule has 0 spiro atoms. The van der Waals surface area contributed by atoms with E-state index in [1.54, 1.807) is 26.3 Å². The number of fused-ring (bicyclic) bond motifs is 1. The van der Waals surface area contributed by atoms with E-state index in [2.05, 4.69) is 14.4 Å². The van der Waals surface area contributed by atoms with Gasteiger partial charge in [0, 0.05) is 36.0 Å². The maximum absolute atomic E-state index is 14.6. The van der Waals surface area contributed by atoms with E-state index in [9.17, 15) is 32.4 Å². The van der Waals surface area contributed by atoms with E-state index < -0.39 is 68.0 Å². The number of ether oxygens (including phenoxy) is 4. The molecule has 15 nitrogen and oxygen atoms in total. The molecule has 62 heavy (non-hydrogen) atoms. The first-order chi connectivity index (χ1) is 28.5. The molecule has 1 aliphatic heterocycles. The van der Waals surface area contributed by atoms with E-state index in [0.717, 1.165) is 10.8 Å². The molecule has 2 saturated carbocycles. The number of rotatable bonds is 16. The van der Waals surface area contributed by atoms with Crippen molar-refractivity contribution in [2.45, 2.75) is 139 Å². The summed E-state index contributed by atoms with van der Waals surface area (Å²) in [6.45, 7) is 21.4. The molecule has 5 rings (SSSR count). The van der Waals surface area contributed by atoms with Crippen LogP contribution in [-0.4, -0.2) is 91.9 Å². The molecule has 17 heteroatoms. The highest BCUT2D eigenvalue weighted by Gasteiger charge is 2.62. The number of hydrogen-bond acceptors (Lipinski definition) is 13. The average Bonchev–Trinajstić information content (AvgIpc) is 4.02. The van der Waals surface area contributed by atoms with Crippen LogP contribution >= 0.6 is 11.6 Å². The molecule has 2 heterocycles. The van der Waals surface area contributed by atoms with Crippen molar-refractivity contribution < 1.29 is 55.5 Å². The van der Waals surface area contributed by atoms with Crippen LogP contribution in [0, 0.1) is 33.5 Å². The number of halogens is 1. The van der Waals surface area contributed by atoms with Crippen molar-refractivity contribution in [1.82, 2.24) is 14.6 Å². The zero-order chi connectivity index (χ0) is 46.6. The zero-order valence-corrected chi connectivity index (χ0v) is 39.9. The summed E-state index contributed by atoms with van der Waals surface area (Å²) in [5.74, 6) is -2.16. The fourth-order valence-corrected chi connectivity index (χ4v) is 8.60. The third-order valence-electron chi connectivity index (χ3n) is 11.3. The molecule has 2 aliphatic carbocycles. The van der Waals surface area contributed by atoms with E-state index >= 15 is 0 Å².